The molecule has 17 nitrogen and oxygen atoms in total. The van der Waals surface area contributed by atoms with Crippen LogP contribution in [0.3, 0.4) is 0 Å². The van der Waals surface area contributed by atoms with E-state index in [0.29, 0.717) is 25.7 Å². The number of carbonyl (C=O) groups excluding carboxylic acids is 4. The highest BCUT2D eigenvalue weighted by Crippen LogP contribution is 2.45. The van der Waals surface area contributed by atoms with E-state index in [1.165, 1.54) is 315 Å². The molecule has 0 aromatic carbocycles. The van der Waals surface area contributed by atoms with Gasteiger partial charge in [-0.25, -0.2) is 9.13 Å². The molecule has 0 rings (SSSR count). The van der Waals surface area contributed by atoms with Crippen LogP contribution in [0.1, 0.15) is 484 Å². The number of carbonyl (C=O) groups is 4. The van der Waals surface area contributed by atoms with Gasteiger partial charge in [0.1, 0.15) is 19.3 Å². The van der Waals surface area contributed by atoms with Crippen molar-refractivity contribution in [2.45, 2.75) is 502 Å². The minimum Gasteiger partial charge on any atom is -0.462 e. The fraction of sp³-hybridized carbons (Fsp3) is 0.955. The number of esters is 4. The maximum absolute atomic E-state index is 13.2. The van der Waals surface area contributed by atoms with Crippen molar-refractivity contribution in [2.24, 2.45) is 0 Å². The SMILES string of the molecule is CCCCCCCCCCCCCCCCCCCCCCCCC(=O)O[C@H](COC(=O)CCCCCCCCCCCCCCCCCCCCCCC)COP(=O)(O)OC[C@@H](O)COP(=O)(O)OC[C@@H](COC(=O)CCCCCCCCCC)OC(=O)CCCCCCCCCCCCCCCCCC. The Balaban J connectivity index is 5.17. The Kier molecular flexibility index (Phi) is 80.6. The van der Waals surface area contributed by atoms with Crippen molar-refractivity contribution >= 4 is 39.5 Å². The van der Waals surface area contributed by atoms with E-state index in [4.69, 9.17) is 37.0 Å². The topological polar surface area (TPSA) is 237 Å². The summed E-state index contributed by atoms with van der Waals surface area (Å²) >= 11 is 0. The molecule has 0 heterocycles. The maximum atomic E-state index is 13.2. The van der Waals surface area contributed by atoms with Crippen molar-refractivity contribution in [1.82, 2.24) is 0 Å². The zero-order valence-corrected chi connectivity index (χ0v) is 71.9. The highest BCUT2D eigenvalue weighted by molar-refractivity contribution is 7.47. The Morgan fingerprint density at radius 1 is 0.224 bits per heavy atom. The normalized spacial score (nSPS) is 13.7. The molecule has 2 unspecified atom stereocenters. The first-order valence-electron chi connectivity index (χ1n) is 45.8. The quantitative estimate of drug-likeness (QED) is 0.0222. The summed E-state index contributed by atoms with van der Waals surface area (Å²) in [5.74, 6) is -2.10. The molecule has 0 fully saturated rings. The third kappa shape index (κ3) is 81.9. The van der Waals surface area contributed by atoms with E-state index in [-0.39, 0.29) is 25.7 Å². The van der Waals surface area contributed by atoms with Crippen LogP contribution in [0.25, 0.3) is 0 Å². The second-order valence-electron chi connectivity index (χ2n) is 31.6. The van der Waals surface area contributed by atoms with Crippen LogP contribution < -0.4 is 0 Å². The second-order valence-corrected chi connectivity index (χ2v) is 34.5. The van der Waals surface area contributed by atoms with E-state index >= 15 is 0 Å². The fourth-order valence-electron chi connectivity index (χ4n) is 13.9. The third-order valence-corrected chi connectivity index (χ3v) is 22.8. The summed E-state index contributed by atoms with van der Waals surface area (Å²) in [7, 11) is -9.92. The summed E-state index contributed by atoms with van der Waals surface area (Å²) in [6.45, 7) is 5.04. The predicted octanol–water partition coefficient (Wildman–Crippen LogP) is 27.3. The van der Waals surface area contributed by atoms with E-state index in [1.807, 2.05) is 0 Å². The molecule has 3 N–H and O–H groups in total. The maximum Gasteiger partial charge on any atom is 0.472 e. The van der Waals surface area contributed by atoms with Crippen LogP contribution >= 0.6 is 15.6 Å². The molecule has 0 spiro atoms. The Hall–Kier alpha value is -1.94. The number of hydrogen-bond donors (Lipinski definition) is 3. The molecule has 0 aliphatic heterocycles. The Bertz CT molecular complexity index is 2020. The minimum absolute atomic E-state index is 0.109. The van der Waals surface area contributed by atoms with Gasteiger partial charge in [-0.1, -0.05) is 432 Å². The number of unbranched alkanes of at least 4 members (excludes halogenated alkanes) is 63. The first-order chi connectivity index (χ1) is 52.2. The molecule has 0 aromatic rings. The van der Waals surface area contributed by atoms with E-state index in [1.54, 1.807) is 0 Å². The molecule has 636 valence electrons. The number of phosphoric ester groups is 2. The lowest BCUT2D eigenvalue weighted by Gasteiger charge is -2.21. The van der Waals surface area contributed by atoms with Gasteiger partial charge in [-0.2, -0.15) is 0 Å². The van der Waals surface area contributed by atoms with Crippen LogP contribution in [0.2, 0.25) is 0 Å². The molecule has 0 saturated heterocycles. The van der Waals surface area contributed by atoms with Gasteiger partial charge in [0, 0.05) is 25.7 Å². The number of hydrogen-bond acceptors (Lipinski definition) is 15. The van der Waals surface area contributed by atoms with Crippen molar-refractivity contribution in [3.05, 3.63) is 0 Å². The molecule has 0 aliphatic carbocycles. The summed E-state index contributed by atoms with van der Waals surface area (Å²) in [6.07, 6.45) is 78.1. The van der Waals surface area contributed by atoms with E-state index in [2.05, 4.69) is 27.7 Å². The molecule has 107 heavy (non-hydrogen) atoms. The van der Waals surface area contributed by atoms with Gasteiger partial charge in [-0.05, 0) is 25.7 Å². The fourth-order valence-corrected chi connectivity index (χ4v) is 15.5. The average molecular weight is 1560 g/mol. The molecule has 0 amide bonds. The number of rotatable bonds is 89. The third-order valence-electron chi connectivity index (χ3n) is 20.9. The van der Waals surface area contributed by atoms with E-state index < -0.39 is 97.5 Å². The summed E-state index contributed by atoms with van der Waals surface area (Å²) in [5.41, 5.74) is 0. The summed E-state index contributed by atoms with van der Waals surface area (Å²) in [5, 5.41) is 10.7. The molecular weight excluding hydrogens is 1390 g/mol. The molecule has 0 bridgehead atoms. The lowest BCUT2D eigenvalue weighted by atomic mass is 10.0. The van der Waals surface area contributed by atoms with Crippen LogP contribution in [-0.4, -0.2) is 96.7 Å². The summed E-state index contributed by atoms with van der Waals surface area (Å²) in [6, 6.07) is 0. The zero-order valence-electron chi connectivity index (χ0n) is 70.1. The van der Waals surface area contributed by atoms with Crippen LogP contribution in [0.4, 0.5) is 0 Å². The number of aliphatic hydroxyl groups excluding tert-OH is 1. The summed E-state index contributed by atoms with van der Waals surface area (Å²) < 4.78 is 68.9. The Morgan fingerprint density at radius 3 is 0.551 bits per heavy atom. The van der Waals surface area contributed by atoms with E-state index in [0.717, 1.165) is 89.9 Å². The molecular formula is C88H172O17P2. The number of aliphatic hydroxyl groups is 1. The van der Waals surface area contributed by atoms with E-state index in [9.17, 15) is 43.2 Å². The van der Waals surface area contributed by atoms with Crippen molar-refractivity contribution in [3.63, 3.8) is 0 Å². The Morgan fingerprint density at radius 2 is 0.374 bits per heavy atom. The minimum atomic E-state index is -4.97. The largest absolute Gasteiger partial charge is 0.472 e. The van der Waals surface area contributed by atoms with Gasteiger partial charge in [0.25, 0.3) is 0 Å². The highest BCUT2D eigenvalue weighted by Gasteiger charge is 2.30. The standard InChI is InChI=1S/C88H172O17P2/c1-5-9-13-17-21-25-28-31-34-37-39-41-43-45-47-50-53-56-59-63-67-71-75-88(93)105-84(79-99-86(91)73-69-65-61-57-54-51-49-46-44-42-40-38-35-32-29-26-22-18-14-10-6-2)81-103-107(96,97)101-77-82(89)76-100-106(94,95)102-80-83(78-98-85(90)72-68-64-60-24-20-16-12-8-4)104-87(92)74-70-66-62-58-55-52-48-36-33-30-27-23-19-15-11-7-3/h82-84,89H,5-81H2,1-4H3,(H,94,95)(H,96,97)/t82-,83+,84+/m0/s1. The molecule has 0 radical (unpaired) electrons. The van der Waals surface area contributed by atoms with Crippen LogP contribution in [0.15, 0.2) is 0 Å². The molecule has 5 atom stereocenters. The van der Waals surface area contributed by atoms with Gasteiger partial charge >= 0.3 is 39.5 Å². The average Bonchev–Trinajstić information content (AvgIpc) is 0.901. The second kappa shape index (κ2) is 82.1. The van der Waals surface area contributed by atoms with Gasteiger partial charge in [0.2, 0.25) is 0 Å². The smallest absolute Gasteiger partial charge is 0.462 e. The van der Waals surface area contributed by atoms with Crippen molar-refractivity contribution in [2.75, 3.05) is 39.6 Å². The summed E-state index contributed by atoms with van der Waals surface area (Å²) in [4.78, 5) is 73.2. The number of phosphoric acid groups is 2. The van der Waals surface area contributed by atoms with Crippen LogP contribution in [0.5, 0.6) is 0 Å². The van der Waals surface area contributed by atoms with Crippen molar-refractivity contribution < 1.29 is 80.2 Å². The van der Waals surface area contributed by atoms with Crippen LogP contribution in [0, 0.1) is 0 Å². The van der Waals surface area contributed by atoms with Gasteiger partial charge in [0.05, 0.1) is 26.4 Å². The number of ether oxygens (including phenoxy) is 4. The molecule has 0 aromatic heterocycles. The zero-order chi connectivity index (χ0) is 78.1. The van der Waals surface area contributed by atoms with Gasteiger partial charge in [-0.15, -0.1) is 0 Å². The lowest BCUT2D eigenvalue weighted by molar-refractivity contribution is -0.161. The van der Waals surface area contributed by atoms with Gasteiger partial charge < -0.3 is 33.8 Å². The monoisotopic (exact) mass is 1560 g/mol. The first-order valence-corrected chi connectivity index (χ1v) is 48.8. The molecule has 0 saturated carbocycles. The van der Waals surface area contributed by atoms with Crippen molar-refractivity contribution in [3.8, 4) is 0 Å². The molecule has 0 aliphatic rings. The first kappa shape index (κ1) is 105. The lowest BCUT2D eigenvalue weighted by Crippen LogP contribution is -2.30. The molecule has 19 heteroatoms. The predicted molar refractivity (Wildman–Crippen MR) is 442 cm³/mol. The van der Waals surface area contributed by atoms with Gasteiger partial charge in [0.15, 0.2) is 12.2 Å². The van der Waals surface area contributed by atoms with Crippen LogP contribution in [-0.2, 0) is 65.4 Å². The Labute approximate surface area is 658 Å². The van der Waals surface area contributed by atoms with Crippen molar-refractivity contribution in [1.29, 1.82) is 0 Å². The van der Waals surface area contributed by atoms with Gasteiger partial charge in [-0.3, -0.25) is 37.3 Å². The highest BCUT2D eigenvalue weighted by atomic mass is 31.2.